The Morgan fingerprint density at radius 1 is 1.10 bits per heavy atom. The number of nitriles is 1. The van der Waals surface area contributed by atoms with Crippen molar-refractivity contribution in [2.75, 3.05) is 5.73 Å². The summed E-state index contributed by atoms with van der Waals surface area (Å²) in [5.41, 5.74) is 7.27. The molecule has 4 saturated carbocycles. The van der Waals surface area contributed by atoms with Crippen LogP contribution in [0.4, 0.5) is 5.69 Å². The van der Waals surface area contributed by atoms with Gasteiger partial charge in [-0.25, -0.2) is 0 Å². The summed E-state index contributed by atoms with van der Waals surface area (Å²) in [4.78, 5) is 0. The quantitative estimate of drug-likeness (QED) is 0.835. The Balaban J connectivity index is 1.61. The van der Waals surface area contributed by atoms with Gasteiger partial charge in [0.05, 0.1) is 17.3 Å². The maximum Gasteiger partial charge on any atom is 0.143 e. The summed E-state index contributed by atoms with van der Waals surface area (Å²) in [6.45, 7) is 0. The highest BCUT2D eigenvalue weighted by molar-refractivity contribution is 5.56. The third-order valence-electron chi connectivity index (χ3n) is 5.45. The van der Waals surface area contributed by atoms with E-state index in [-0.39, 0.29) is 5.60 Å². The Labute approximate surface area is 119 Å². The molecule has 0 aliphatic heterocycles. The van der Waals surface area contributed by atoms with Crippen molar-refractivity contribution in [3.05, 3.63) is 23.8 Å². The second-order valence-corrected chi connectivity index (χ2v) is 7.07. The average molecular weight is 268 g/mol. The number of nitrogens with zero attached hydrogens (tertiary/aromatic N) is 1. The largest absolute Gasteiger partial charge is 0.485 e. The molecule has 0 spiro atoms. The molecular weight excluding hydrogens is 248 g/mol. The van der Waals surface area contributed by atoms with Crippen molar-refractivity contribution in [3.8, 4) is 11.8 Å². The van der Waals surface area contributed by atoms with Crippen molar-refractivity contribution in [2.24, 2.45) is 17.8 Å². The van der Waals surface area contributed by atoms with Crippen molar-refractivity contribution in [1.29, 1.82) is 5.26 Å². The Morgan fingerprint density at radius 2 is 1.70 bits per heavy atom. The van der Waals surface area contributed by atoms with E-state index in [4.69, 9.17) is 15.7 Å². The first-order valence-corrected chi connectivity index (χ1v) is 7.64. The minimum absolute atomic E-state index is 0.0248. The summed E-state index contributed by atoms with van der Waals surface area (Å²) in [6, 6.07) is 7.50. The Kier molecular flexibility index (Phi) is 2.51. The molecule has 2 N–H and O–H groups in total. The fourth-order valence-electron chi connectivity index (χ4n) is 5.10. The topological polar surface area (TPSA) is 59.0 Å². The molecule has 104 valence electrons. The standard InChI is InChI=1S/C17H20N2O/c18-10-11-1-2-16(15(19)6-11)20-17-7-12-3-13(8-17)5-14(4-12)9-17/h1-2,6,12-14H,3-5,7-9,19H2. The molecule has 4 aliphatic rings. The van der Waals surface area contributed by atoms with Crippen LogP contribution in [0.15, 0.2) is 18.2 Å². The lowest BCUT2D eigenvalue weighted by Gasteiger charge is -2.56. The number of nitrogens with two attached hydrogens (primary N) is 1. The lowest BCUT2D eigenvalue weighted by atomic mass is 9.54. The van der Waals surface area contributed by atoms with E-state index < -0.39 is 0 Å². The molecule has 3 nitrogen and oxygen atoms in total. The van der Waals surface area contributed by atoms with Gasteiger partial charge >= 0.3 is 0 Å². The van der Waals surface area contributed by atoms with Gasteiger partial charge in [-0.2, -0.15) is 5.26 Å². The molecule has 1 aromatic carbocycles. The summed E-state index contributed by atoms with van der Waals surface area (Å²) in [5.74, 6) is 3.36. The van der Waals surface area contributed by atoms with Crippen LogP contribution in [-0.4, -0.2) is 5.60 Å². The van der Waals surface area contributed by atoms with Gasteiger partial charge in [-0.05, 0) is 74.5 Å². The zero-order valence-corrected chi connectivity index (χ0v) is 11.6. The van der Waals surface area contributed by atoms with Crippen molar-refractivity contribution in [3.63, 3.8) is 0 Å². The summed E-state index contributed by atoms with van der Waals surface area (Å²) >= 11 is 0. The van der Waals surface area contributed by atoms with Gasteiger partial charge in [0, 0.05) is 0 Å². The molecule has 4 aliphatic carbocycles. The van der Waals surface area contributed by atoms with Crippen molar-refractivity contribution in [2.45, 2.75) is 44.1 Å². The highest BCUT2D eigenvalue weighted by atomic mass is 16.5. The van der Waals surface area contributed by atoms with Crippen LogP contribution in [0.1, 0.15) is 44.1 Å². The molecule has 0 unspecified atom stereocenters. The van der Waals surface area contributed by atoms with Crippen LogP contribution in [-0.2, 0) is 0 Å². The molecule has 0 amide bonds. The molecule has 0 aromatic heterocycles. The van der Waals surface area contributed by atoms with E-state index in [1.807, 2.05) is 6.07 Å². The van der Waals surface area contributed by atoms with Gasteiger partial charge in [-0.3, -0.25) is 0 Å². The number of nitrogen functional groups attached to an aromatic ring is 1. The number of hydrogen-bond donors (Lipinski definition) is 1. The van der Waals surface area contributed by atoms with Gasteiger partial charge in [0.25, 0.3) is 0 Å². The molecule has 1 aromatic rings. The first-order chi connectivity index (χ1) is 9.66. The SMILES string of the molecule is N#Cc1ccc(OC23CC4CC(CC(C4)C2)C3)c(N)c1. The van der Waals surface area contributed by atoms with Crippen LogP contribution in [0, 0.1) is 29.1 Å². The molecule has 0 saturated heterocycles. The Morgan fingerprint density at radius 3 is 2.20 bits per heavy atom. The minimum Gasteiger partial charge on any atom is -0.485 e. The molecular formula is C17H20N2O. The predicted octanol–water partition coefficient (Wildman–Crippen LogP) is 3.49. The summed E-state index contributed by atoms with van der Waals surface area (Å²) in [5, 5.41) is 8.91. The monoisotopic (exact) mass is 268 g/mol. The van der Waals surface area contributed by atoms with Gasteiger partial charge in [0.1, 0.15) is 11.4 Å². The molecule has 0 radical (unpaired) electrons. The van der Waals surface area contributed by atoms with Crippen LogP contribution >= 0.6 is 0 Å². The fourth-order valence-corrected chi connectivity index (χ4v) is 5.10. The van der Waals surface area contributed by atoms with Gasteiger partial charge < -0.3 is 10.5 Å². The van der Waals surface area contributed by atoms with E-state index in [0.29, 0.717) is 11.3 Å². The number of rotatable bonds is 2. The van der Waals surface area contributed by atoms with Crippen LogP contribution in [0.2, 0.25) is 0 Å². The van der Waals surface area contributed by atoms with E-state index in [1.54, 1.807) is 12.1 Å². The molecule has 20 heavy (non-hydrogen) atoms. The number of benzene rings is 1. The van der Waals surface area contributed by atoms with Crippen LogP contribution in [0.25, 0.3) is 0 Å². The molecule has 4 fully saturated rings. The lowest BCUT2D eigenvalue weighted by molar-refractivity contribution is -0.107. The van der Waals surface area contributed by atoms with Crippen molar-refractivity contribution in [1.82, 2.24) is 0 Å². The maximum absolute atomic E-state index is 8.91. The van der Waals surface area contributed by atoms with Crippen molar-refractivity contribution < 1.29 is 4.74 Å². The summed E-state index contributed by atoms with van der Waals surface area (Å²) < 4.78 is 6.41. The highest BCUT2D eigenvalue weighted by Gasteiger charge is 2.52. The third kappa shape index (κ3) is 1.86. The average Bonchev–Trinajstić information content (AvgIpc) is 2.39. The van der Waals surface area contributed by atoms with Gasteiger partial charge in [0.15, 0.2) is 0 Å². The smallest absolute Gasteiger partial charge is 0.143 e. The zero-order chi connectivity index (χ0) is 13.7. The van der Waals surface area contributed by atoms with E-state index in [2.05, 4.69) is 6.07 Å². The van der Waals surface area contributed by atoms with Crippen molar-refractivity contribution >= 4 is 5.69 Å². The number of anilines is 1. The van der Waals surface area contributed by atoms with Gasteiger partial charge in [0.2, 0.25) is 0 Å². The van der Waals surface area contributed by atoms with Gasteiger partial charge in [-0.15, -0.1) is 0 Å². The van der Waals surface area contributed by atoms with E-state index in [1.165, 1.54) is 38.5 Å². The molecule has 5 rings (SSSR count). The predicted molar refractivity (Wildman–Crippen MR) is 77.1 cm³/mol. The van der Waals surface area contributed by atoms with E-state index in [0.717, 1.165) is 23.5 Å². The minimum atomic E-state index is 0.0248. The third-order valence-corrected chi connectivity index (χ3v) is 5.45. The number of hydrogen-bond acceptors (Lipinski definition) is 3. The van der Waals surface area contributed by atoms with E-state index >= 15 is 0 Å². The molecule has 4 bridgehead atoms. The Bertz CT molecular complexity index is 552. The normalized spacial score (nSPS) is 37.6. The fraction of sp³-hybridized carbons (Fsp3) is 0.588. The maximum atomic E-state index is 8.91. The second kappa shape index (κ2) is 4.15. The highest BCUT2D eigenvalue weighted by Crippen LogP contribution is 2.57. The molecule has 3 heteroatoms. The summed E-state index contributed by atoms with van der Waals surface area (Å²) in [6.07, 6.45) is 7.80. The van der Waals surface area contributed by atoms with E-state index in [9.17, 15) is 0 Å². The summed E-state index contributed by atoms with van der Waals surface area (Å²) in [7, 11) is 0. The zero-order valence-electron chi connectivity index (χ0n) is 11.6. The number of ether oxygens (including phenoxy) is 1. The van der Waals surface area contributed by atoms with Crippen LogP contribution < -0.4 is 10.5 Å². The van der Waals surface area contributed by atoms with Gasteiger partial charge in [-0.1, -0.05) is 0 Å². The lowest BCUT2D eigenvalue weighted by Crippen LogP contribution is -2.53. The first kappa shape index (κ1) is 12.1. The molecule has 0 atom stereocenters. The Hall–Kier alpha value is -1.69. The molecule has 0 heterocycles. The first-order valence-electron chi connectivity index (χ1n) is 7.64. The van der Waals surface area contributed by atoms with Crippen LogP contribution in [0.5, 0.6) is 5.75 Å². The second-order valence-electron chi connectivity index (χ2n) is 7.07. The van der Waals surface area contributed by atoms with Crippen LogP contribution in [0.3, 0.4) is 0 Å².